The summed E-state index contributed by atoms with van der Waals surface area (Å²) < 4.78 is 1.35. The molecule has 2 aromatic heterocycles. The van der Waals surface area contributed by atoms with Crippen molar-refractivity contribution in [1.29, 1.82) is 0 Å². The van der Waals surface area contributed by atoms with Gasteiger partial charge in [-0.25, -0.2) is 0 Å². The van der Waals surface area contributed by atoms with Crippen molar-refractivity contribution < 1.29 is 0 Å². The smallest absolute Gasteiger partial charge is 0.0456 e. The zero-order valence-corrected chi connectivity index (χ0v) is 9.50. The maximum absolute atomic E-state index is 4.30. The molecule has 77 valence electrons. The lowest BCUT2D eigenvalue weighted by atomic mass is 10.2. The van der Waals surface area contributed by atoms with Gasteiger partial charge in [0, 0.05) is 34.0 Å². The van der Waals surface area contributed by atoms with Gasteiger partial charge in [-0.05, 0) is 23.6 Å². The Labute approximate surface area is 98.4 Å². The Hall–Kier alpha value is -1.67. The summed E-state index contributed by atoms with van der Waals surface area (Å²) in [6.07, 6.45) is 2.64. The molecule has 0 atom stereocenters. The van der Waals surface area contributed by atoms with Crippen molar-refractivity contribution in [2.45, 2.75) is 6.42 Å². The molecule has 0 saturated carbocycles. The van der Waals surface area contributed by atoms with Crippen molar-refractivity contribution in [1.82, 2.24) is 4.98 Å². The Morgan fingerprint density at radius 3 is 2.94 bits per heavy atom. The van der Waals surface area contributed by atoms with Gasteiger partial charge < -0.3 is 0 Å². The van der Waals surface area contributed by atoms with E-state index in [4.69, 9.17) is 0 Å². The van der Waals surface area contributed by atoms with Gasteiger partial charge in [0.05, 0.1) is 0 Å². The first-order valence-corrected chi connectivity index (χ1v) is 6.02. The van der Waals surface area contributed by atoms with E-state index in [1.54, 1.807) is 6.20 Å². The topological polar surface area (TPSA) is 12.9 Å². The summed E-state index contributed by atoms with van der Waals surface area (Å²) in [6.45, 7) is 0. The van der Waals surface area contributed by atoms with Crippen LogP contribution in [0.4, 0.5) is 0 Å². The molecule has 1 radical (unpaired) electrons. The number of benzene rings is 1. The van der Waals surface area contributed by atoms with Crippen molar-refractivity contribution >= 4 is 21.4 Å². The van der Waals surface area contributed by atoms with Crippen LogP contribution in [0, 0.1) is 6.07 Å². The molecule has 0 amide bonds. The minimum absolute atomic E-state index is 0.911. The van der Waals surface area contributed by atoms with Gasteiger partial charge in [-0.2, -0.15) is 0 Å². The lowest BCUT2D eigenvalue weighted by Gasteiger charge is -1.95. The van der Waals surface area contributed by atoms with Crippen LogP contribution in [0.5, 0.6) is 0 Å². The third-order valence-electron chi connectivity index (χ3n) is 2.51. The number of rotatable bonds is 2. The molecule has 3 rings (SSSR count). The first-order valence-electron chi connectivity index (χ1n) is 5.20. The molecule has 0 aliphatic heterocycles. The molecular weight excluding hydrogens is 214 g/mol. The van der Waals surface area contributed by atoms with Crippen LogP contribution in [-0.4, -0.2) is 4.98 Å². The van der Waals surface area contributed by atoms with Crippen LogP contribution in [0.1, 0.15) is 10.6 Å². The van der Waals surface area contributed by atoms with Crippen molar-refractivity contribution in [2.75, 3.05) is 0 Å². The molecule has 1 nitrogen and oxygen atoms in total. The van der Waals surface area contributed by atoms with Gasteiger partial charge in [-0.3, -0.25) is 4.98 Å². The first-order chi connectivity index (χ1) is 7.92. The second kappa shape index (κ2) is 4.06. The summed E-state index contributed by atoms with van der Waals surface area (Å²) in [5.41, 5.74) is 1.10. The van der Waals surface area contributed by atoms with E-state index in [1.165, 1.54) is 15.0 Å². The highest BCUT2D eigenvalue weighted by atomic mass is 32.1. The largest absolute Gasteiger partial charge is 0.260 e. The van der Waals surface area contributed by atoms with Crippen molar-refractivity contribution in [2.24, 2.45) is 0 Å². The van der Waals surface area contributed by atoms with E-state index in [2.05, 4.69) is 41.4 Å². The Morgan fingerprint density at radius 2 is 2.12 bits per heavy atom. The fourth-order valence-corrected chi connectivity index (χ4v) is 2.84. The zero-order chi connectivity index (χ0) is 10.8. The van der Waals surface area contributed by atoms with Crippen LogP contribution < -0.4 is 0 Å². The quantitative estimate of drug-likeness (QED) is 0.647. The Bertz CT molecular complexity index is 565. The third-order valence-corrected chi connectivity index (χ3v) is 3.62. The molecule has 0 unspecified atom stereocenters. The molecule has 0 spiro atoms. The molecule has 0 bridgehead atoms. The van der Waals surface area contributed by atoms with E-state index in [9.17, 15) is 0 Å². The second-order valence-electron chi connectivity index (χ2n) is 3.68. The van der Waals surface area contributed by atoms with Crippen LogP contribution in [0.3, 0.4) is 0 Å². The summed E-state index contributed by atoms with van der Waals surface area (Å²) in [5, 5.41) is 1.32. The van der Waals surface area contributed by atoms with E-state index in [0.717, 1.165) is 12.1 Å². The Kier molecular flexibility index (Phi) is 2.43. The molecule has 0 saturated heterocycles. The number of pyridine rings is 1. The lowest BCUT2D eigenvalue weighted by molar-refractivity contribution is 1.10. The number of hydrogen-bond acceptors (Lipinski definition) is 2. The molecule has 0 aliphatic carbocycles. The van der Waals surface area contributed by atoms with E-state index < -0.39 is 0 Å². The summed E-state index contributed by atoms with van der Waals surface area (Å²) >= 11 is 1.84. The van der Waals surface area contributed by atoms with E-state index >= 15 is 0 Å². The van der Waals surface area contributed by atoms with Crippen molar-refractivity contribution in [3.63, 3.8) is 0 Å². The summed E-state index contributed by atoms with van der Waals surface area (Å²) in [5.74, 6) is 0. The molecule has 2 heteroatoms. The number of fused-ring (bicyclic) bond motifs is 1. The van der Waals surface area contributed by atoms with Gasteiger partial charge in [-0.15, -0.1) is 11.3 Å². The minimum Gasteiger partial charge on any atom is -0.260 e. The van der Waals surface area contributed by atoms with Crippen LogP contribution in [-0.2, 0) is 6.42 Å². The predicted octanol–water partition coefficient (Wildman–Crippen LogP) is 3.69. The fourth-order valence-electron chi connectivity index (χ4n) is 1.76. The number of nitrogens with zero attached hydrogens (tertiary/aromatic N) is 1. The maximum Gasteiger partial charge on any atom is 0.0456 e. The molecule has 3 aromatic rings. The van der Waals surface area contributed by atoms with Crippen LogP contribution in [0.2, 0.25) is 0 Å². The monoisotopic (exact) mass is 224 g/mol. The van der Waals surface area contributed by atoms with Gasteiger partial charge in [0.1, 0.15) is 0 Å². The Morgan fingerprint density at radius 1 is 1.19 bits per heavy atom. The fraction of sp³-hybridized carbons (Fsp3) is 0.0714. The number of thiophene rings is 1. The van der Waals surface area contributed by atoms with Crippen LogP contribution in [0.15, 0.2) is 48.7 Å². The average Bonchev–Trinajstić information content (AvgIpc) is 2.72. The van der Waals surface area contributed by atoms with Crippen molar-refractivity contribution in [3.05, 3.63) is 65.3 Å². The average molecular weight is 224 g/mol. The van der Waals surface area contributed by atoms with Crippen LogP contribution in [0.25, 0.3) is 10.1 Å². The highest BCUT2D eigenvalue weighted by Gasteiger charge is 2.02. The standard InChI is InChI=1S/C14H10NS/c1-2-7-14-11(5-1)9-13(16-14)10-12-6-3-4-8-15-12/h1-3,5-9H,10H2. The van der Waals surface area contributed by atoms with E-state index in [0.29, 0.717) is 0 Å². The summed E-state index contributed by atoms with van der Waals surface area (Å²) in [4.78, 5) is 5.66. The second-order valence-corrected chi connectivity index (χ2v) is 4.85. The highest BCUT2D eigenvalue weighted by Crippen LogP contribution is 2.26. The Balaban J connectivity index is 1.95. The van der Waals surface area contributed by atoms with Gasteiger partial charge in [-0.1, -0.05) is 24.3 Å². The number of aromatic nitrogens is 1. The van der Waals surface area contributed by atoms with Gasteiger partial charge in [0.2, 0.25) is 0 Å². The normalized spacial score (nSPS) is 10.8. The summed E-state index contributed by atoms with van der Waals surface area (Å²) in [6, 6.07) is 17.6. The SMILES string of the molecule is [c]1ccc(Cc2cc3ccccc3s2)nc1. The van der Waals surface area contributed by atoms with E-state index in [1.807, 2.05) is 23.5 Å². The lowest BCUT2D eigenvalue weighted by Crippen LogP contribution is -1.87. The molecule has 16 heavy (non-hydrogen) atoms. The van der Waals surface area contributed by atoms with Crippen molar-refractivity contribution in [3.8, 4) is 0 Å². The minimum atomic E-state index is 0.911. The molecule has 2 heterocycles. The zero-order valence-electron chi connectivity index (χ0n) is 8.68. The van der Waals surface area contributed by atoms with Gasteiger partial charge >= 0.3 is 0 Å². The molecule has 0 N–H and O–H groups in total. The molecule has 0 aliphatic rings. The third kappa shape index (κ3) is 1.84. The van der Waals surface area contributed by atoms with Gasteiger partial charge in [0.25, 0.3) is 0 Å². The molecule has 1 aromatic carbocycles. The van der Waals surface area contributed by atoms with Crippen LogP contribution >= 0.6 is 11.3 Å². The highest BCUT2D eigenvalue weighted by molar-refractivity contribution is 7.19. The summed E-state index contributed by atoms with van der Waals surface area (Å²) in [7, 11) is 0. The van der Waals surface area contributed by atoms with Gasteiger partial charge in [0.15, 0.2) is 0 Å². The first kappa shape index (κ1) is 9.55. The molecular formula is C14H10NS. The van der Waals surface area contributed by atoms with E-state index in [-0.39, 0.29) is 0 Å². The number of hydrogen-bond donors (Lipinski definition) is 0. The molecule has 0 fully saturated rings. The predicted molar refractivity (Wildman–Crippen MR) is 67.7 cm³/mol. The maximum atomic E-state index is 4.30.